The predicted molar refractivity (Wildman–Crippen MR) is 109 cm³/mol. The maximum Gasteiger partial charge on any atom is 0.303 e. The number of aliphatic carboxylic acids is 1. The molecule has 0 saturated heterocycles. The van der Waals surface area contributed by atoms with Crippen molar-refractivity contribution in [2.45, 2.75) is 64.4 Å². The first-order valence-corrected chi connectivity index (χ1v) is 11.5. The van der Waals surface area contributed by atoms with Gasteiger partial charge in [-0.2, -0.15) is 0 Å². The van der Waals surface area contributed by atoms with E-state index in [2.05, 4.69) is 4.72 Å². The van der Waals surface area contributed by atoms with Crippen LogP contribution in [0, 0.1) is 6.92 Å². The van der Waals surface area contributed by atoms with E-state index < -0.39 is 22.1 Å². The molecular weight excluding hydrogens is 382 g/mol. The summed E-state index contributed by atoms with van der Waals surface area (Å²) in [6, 6.07) is 7.60. The highest BCUT2D eigenvalue weighted by Gasteiger charge is 2.11. The van der Waals surface area contributed by atoms with Gasteiger partial charge in [-0.25, -0.2) is 13.1 Å². The molecule has 0 spiro atoms. The van der Waals surface area contributed by atoms with Crippen LogP contribution < -0.4 is 9.46 Å². The summed E-state index contributed by atoms with van der Waals surface area (Å²) in [5.74, 6) is -0.0429. The number of benzene rings is 1. The molecule has 28 heavy (non-hydrogen) atoms. The molecule has 0 saturated carbocycles. The fourth-order valence-corrected chi connectivity index (χ4v) is 3.89. The Balaban J connectivity index is 2.06. The largest absolute Gasteiger partial charge is 0.491 e. The van der Waals surface area contributed by atoms with Crippen LogP contribution >= 0.6 is 0 Å². The lowest BCUT2D eigenvalue weighted by Crippen LogP contribution is -2.27. The SMILES string of the molecule is Cc1cccc(OCC(O)CCCCS(=O)(=O)NCCCCCCC(=O)O)c1. The van der Waals surface area contributed by atoms with Gasteiger partial charge in [-0.1, -0.05) is 25.0 Å². The molecule has 0 amide bonds. The van der Waals surface area contributed by atoms with Crippen molar-refractivity contribution in [2.75, 3.05) is 18.9 Å². The van der Waals surface area contributed by atoms with E-state index in [1.54, 1.807) is 0 Å². The Morgan fingerprint density at radius 2 is 1.89 bits per heavy atom. The first kappa shape index (κ1) is 24.4. The van der Waals surface area contributed by atoms with Crippen molar-refractivity contribution >= 4 is 16.0 Å². The van der Waals surface area contributed by atoms with Gasteiger partial charge < -0.3 is 14.9 Å². The Hall–Kier alpha value is -1.64. The van der Waals surface area contributed by atoms with Crippen LogP contribution in [0.1, 0.15) is 56.9 Å². The minimum atomic E-state index is -3.30. The Morgan fingerprint density at radius 1 is 1.14 bits per heavy atom. The molecule has 8 heteroatoms. The fourth-order valence-electron chi connectivity index (χ4n) is 2.71. The molecule has 0 fully saturated rings. The molecule has 0 bridgehead atoms. The van der Waals surface area contributed by atoms with Gasteiger partial charge in [0.1, 0.15) is 12.4 Å². The van der Waals surface area contributed by atoms with Gasteiger partial charge in [0.15, 0.2) is 0 Å². The van der Waals surface area contributed by atoms with E-state index in [1.807, 2.05) is 31.2 Å². The van der Waals surface area contributed by atoms with Gasteiger partial charge >= 0.3 is 5.97 Å². The smallest absolute Gasteiger partial charge is 0.303 e. The maximum absolute atomic E-state index is 11.9. The molecule has 160 valence electrons. The number of aryl methyl sites for hydroxylation is 1. The highest BCUT2D eigenvalue weighted by molar-refractivity contribution is 7.89. The Morgan fingerprint density at radius 3 is 2.61 bits per heavy atom. The number of carboxylic acid groups (broad SMARTS) is 1. The number of aliphatic hydroxyl groups excluding tert-OH is 1. The number of sulfonamides is 1. The van der Waals surface area contributed by atoms with Crippen LogP contribution in [0.25, 0.3) is 0 Å². The number of unbranched alkanes of at least 4 members (excludes halogenated alkanes) is 4. The van der Waals surface area contributed by atoms with E-state index in [1.165, 1.54) is 0 Å². The van der Waals surface area contributed by atoms with E-state index in [4.69, 9.17) is 9.84 Å². The molecule has 1 aromatic rings. The summed E-state index contributed by atoms with van der Waals surface area (Å²) in [6.07, 6.45) is 4.04. The highest BCUT2D eigenvalue weighted by atomic mass is 32.2. The zero-order chi connectivity index (χ0) is 20.8. The molecule has 0 aromatic heterocycles. The molecule has 1 aromatic carbocycles. The molecule has 0 radical (unpaired) electrons. The second-order valence-electron chi connectivity index (χ2n) is 7.05. The van der Waals surface area contributed by atoms with Crippen molar-refractivity contribution in [3.63, 3.8) is 0 Å². The molecule has 0 aliphatic heterocycles. The van der Waals surface area contributed by atoms with Crippen LogP contribution in [0.5, 0.6) is 5.75 Å². The van der Waals surface area contributed by atoms with Crippen LogP contribution in [0.2, 0.25) is 0 Å². The van der Waals surface area contributed by atoms with Crippen molar-refractivity contribution in [1.29, 1.82) is 0 Å². The normalized spacial score (nSPS) is 12.6. The third-order valence-corrected chi connectivity index (χ3v) is 5.74. The van der Waals surface area contributed by atoms with Gasteiger partial charge in [0.05, 0.1) is 11.9 Å². The van der Waals surface area contributed by atoms with Crippen LogP contribution in [0.15, 0.2) is 24.3 Å². The lowest BCUT2D eigenvalue weighted by Gasteiger charge is -2.13. The molecule has 1 rings (SSSR count). The van der Waals surface area contributed by atoms with Crippen LogP contribution in [0.3, 0.4) is 0 Å². The summed E-state index contributed by atoms with van der Waals surface area (Å²) in [6.45, 7) is 2.54. The van der Waals surface area contributed by atoms with E-state index in [-0.39, 0.29) is 18.8 Å². The number of hydrogen-bond donors (Lipinski definition) is 3. The van der Waals surface area contributed by atoms with Crippen molar-refractivity contribution in [2.24, 2.45) is 0 Å². The third-order valence-electron chi connectivity index (χ3n) is 4.27. The Kier molecular flexibility index (Phi) is 11.8. The number of carbonyl (C=O) groups is 1. The molecule has 1 unspecified atom stereocenters. The summed E-state index contributed by atoms with van der Waals surface area (Å²) < 4.78 is 31.9. The summed E-state index contributed by atoms with van der Waals surface area (Å²) in [5, 5.41) is 18.5. The summed E-state index contributed by atoms with van der Waals surface area (Å²) >= 11 is 0. The zero-order valence-corrected chi connectivity index (χ0v) is 17.4. The maximum atomic E-state index is 11.9. The second kappa shape index (κ2) is 13.5. The fraction of sp³-hybridized carbons (Fsp3) is 0.650. The minimum absolute atomic E-state index is 0.0392. The quantitative estimate of drug-likeness (QED) is 0.358. The Labute approximate surface area is 168 Å². The molecular formula is C20H33NO6S. The summed E-state index contributed by atoms with van der Waals surface area (Å²) in [7, 11) is -3.30. The second-order valence-corrected chi connectivity index (χ2v) is 8.97. The molecule has 0 aliphatic carbocycles. The molecule has 3 N–H and O–H groups in total. The molecule has 0 aliphatic rings. The topological polar surface area (TPSA) is 113 Å². The van der Waals surface area contributed by atoms with Gasteiger partial charge in [0.25, 0.3) is 0 Å². The molecule has 7 nitrogen and oxygen atoms in total. The van der Waals surface area contributed by atoms with Crippen LogP contribution in [0.4, 0.5) is 0 Å². The lowest BCUT2D eigenvalue weighted by atomic mass is 10.1. The number of nitrogens with one attached hydrogen (secondary N) is 1. The van der Waals surface area contributed by atoms with E-state index in [0.717, 1.165) is 18.4 Å². The number of carboxylic acids is 1. The lowest BCUT2D eigenvalue weighted by molar-refractivity contribution is -0.137. The van der Waals surface area contributed by atoms with Gasteiger partial charge in [0, 0.05) is 13.0 Å². The summed E-state index contributed by atoms with van der Waals surface area (Å²) in [4.78, 5) is 10.4. The number of ether oxygens (including phenoxy) is 1. The van der Waals surface area contributed by atoms with Gasteiger partial charge in [0.2, 0.25) is 10.0 Å². The van der Waals surface area contributed by atoms with Crippen molar-refractivity contribution in [1.82, 2.24) is 4.72 Å². The van der Waals surface area contributed by atoms with Crippen LogP contribution in [-0.2, 0) is 14.8 Å². The molecule has 1 atom stereocenters. The predicted octanol–water partition coefficient (Wildman–Crippen LogP) is 2.86. The molecule has 0 heterocycles. The first-order valence-electron chi connectivity index (χ1n) is 9.85. The standard InChI is InChI=1S/C20H33NO6S/c1-17-9-8-11-19(15-17)27-16-18(22)10-5-7-14-28(25,26)21-13-6-3-2-4-12-20(23)24/h8-9,11,15,18,21-22H,2-7,10,12-14,16H2,1H3,(H,23,24). The van der Waals surface area contributed by atoms with Gasteiger partial charge in [-0.3, -0.25) is 4.79 Å². The van der Waals surface area contributed by atoms with Crippen molar-refractivity contribution < 1.29 is 28.2 Å². The van der Waals surface area contributed by atoms with Gasteiger partial charge in [-0.05, 0) is 56.7 Å². The number of hydrogen-bond acceptors (Lipinski definition) is 5. The Bertz CT molecular complexity index is 677. The monoisotopic (exact) mass is 415 g/mol. The first-order chi connectivity index (χ1) is 13.3. The van der Waals surface area contributed by atoms with E-state index in [0.29, 0.717) is 44.4 Å². The minimum Gasteiger partial charge on any atom is -0.491 e. The third kappa shape index (κ3) is 12.7. The van der Waals surface area contributed by atoms with Crippen LogP contribution in [-0.4, -0.2) is 49.6 Å². The van der Waals surface area contributed by atoms with Crippen molar-refractivity contribution in [3.05, 3.63) is 29.8 Å². The van der Waals surface area contributed by atoms with Gasteiger partial charge in [-0.15, -0.1) is 0 Å². The number of aliphatic hydroxyl groups is 1. The average Bonchev–Trinajstić information content (AvgIpc) is 2.62. The average molecular weight is 416 g/mol. The van der Waals surface area contributed by atoms with E-state index >= 15 is 0 Å². The number of rotatable bonds is 16. The summed E-state index contributed by atoms with van der Waals surface area (Å²) in [5.41, 5.74) is 1.09. The zero-order valence-electron chi connectivity index (χ0n) is 16.6. The van der Waals surface area contributed by atoms with E-state index in [9.17, 15) is 18.3 Å². The highest BCUT2D eigenvalue weighted by Crippen LogP contribution is 2.13. The van der Waals surface area contributed by atoms with Crippen molar-refractivity contribution in [3.8, 4) is 5.75 Å².